The Morgan fingerprint density at radius 2 is 2.03 bits per heavy atom. The minimum absolute atomic E-state index is 0.0148. The van der Waals surface area contributed by atoms with E-state index in [1.807, 2.05) is 0 Å². The number of ether oxygens (including phenoxy) is 1. The van der Waals surface area contributed by atoms with Gasteiger partial charge in [0.05, 0.1) is 28.0 Å². The summed E-state index contributed by atoms with van der Waals surface area (Å²) in [4.78, 5) is 27.1. The first-order chi connectivity index (χ1) is 13.6. The van der Waals surface area contributed by atoms with Crippen LogP contribution in [0.4, 0.5) is 21.0 Å². The van der Waals surface area contributed by atoms with Crippen LogP contribution in [0.2, 0.25) is 5.02 Å². The van der Waals surface area contributed by atoms with E-state index in [4.69, 9.17) is 16.3 Å². The summed E-state index contributed by atoms with van der Waals surface area (Å²) in [7, 11) is 0. The lowest BCUT2D eigenvalue weighted by atomic mass is 9.92. The van der Waals surface area contributed by atoms with Crippen LogP contribution in [0.1, 0.15) is 39.2 Å². The van der Waals surface area contributed by atoms with Gasteiger partial charge in [0.1, 0.15) is 5.60 Å². The molecule has 0 saturated carbocycles. The van der Waals surface area contributed by atoms with Crippen molar-refractivity contribution in [3.63, 3.8) is 0 Å². The molecule has 1 aromatic rings. The average Bonchev–Trinajstić information content (AvgIpc) is 3.05. The zero-order valence-electron chi connectivity index (χ0n) is 16.7. The monoisotopic (exact) mass is 420 g/mol. The van der Waals surface area contributed by atoms with Gasteiger partial charge in [0.25, 0.3) is 0 Å². The molecule has 29 heavy (non-hydrogen) atoms. The Morgan fingerprint density at radius 1 is 1.31 bits per heavy atom. The first-order valence-electron chi connectivity index (χ1n) is 9.57. The molecule has 2 amide bonds. The number of benzene rings is 1. The number of anilines is 2. The minimum atomic E-state index is -0.876. The third-order valence-electron chi connectivity index (χ3n) is 5.24. The Hall–Kier alpha value is -2.66. The molecule has 8 nitrogen and oxygen atoms in total. The summed E-state index contributed by atoms with van der Waals surface area (Å²) in [5, 5.41) is 21.7. The number of hydrogen-bond acceptors (Lipinski definition) is 5. The molecule has 2 fully saturated rings. The topological polar surface area (TPSA) is 106 Å². The summed E-state index contributed by atoms with van der Waals surface area (Å²) in [6.07, 6.45) is -0.0309. The third-order valence-corrected chi connectivity index (χ3v) is 5.64. The van der Waals surface area contributed by atoms with Gasteiger partial charge in [-0.3, -0.25) is 5.32 Å². The summed E-state index contributed by atoms with van der Waals surface area (Å²) < 4.78 is 5.28. The first kappa shape index (κ1) is 21.1. The van der Waals surface area contributed by atoms with Crippen molar-refractivity contribution in [1.29, 1.82) is 5.26 Å². The maximum atomic E-state index is 12.2. The molecule has 156 valence electrons. The fraction of sp³-hybridized carbons (Fsp3) is 0.550. The fourth-order valence-electron chi connectivity index (χ4n) is 4.05. The largest absolute Gasteiger partial charge is 0.465 e. The molecule has 2 aliphatic heterocycles. The van der Waals surface area contributed by atoms with Crippen molar-refractivity contribution < 1.29 is 19.4 Å². The smallest absolute Gasteiger partial charge is 0.412 e. The summed E-state index contributed by atoms with van der Waals surface area (Å²) >= 11 is 6.58. The molecule has 1 aromatic carbocycles. The van der Waals surface area contributed by atoms with Gasteiger partial charge in [-0.05, 0) is 51.7 Å². The van der Waals surface area contributed by atoms with Crippen LogP contribution in [0, 0.1) is 17.2 Å². The molecule has 2 atom stereocenters. The number of rotatable bonds is 2. The van der Waals surface area contributed by atoms with Gasteiger partial charge in [0, 0.05) is 25.7 Å². The molecule has 9 heteroatoms. The molecule has 2 unspecified atom stereocenters. The second-order valence-electron chi connectivity index (χ2n) is 8.42. The standard InChI is InChI=1S/C20H25ClN4O4/c1-20(2,3)29-18(26)23-14-8-12(10-22)9-16(17(14)21)24-6-5-15-13(11-24)4-7-25(15)19(27)28/h8-9,13,15H,4-7,11H2,1-3H3,(H,23,26)(H,27,28). The van der Waals surface area contributed by atoms with Crippen molar-refractivity contribution >= 4 is 35.2 Å². The van der Waals surface area contributed by atoms with E-state index in [-0.39, 0.29) is 12.0 Å². The predicted molar refractivity (Wildman–Crippen MR) is 109 cm³/mol. The molecule has 0 aliphatic carbocycles. The maximum absolute atomic E-state index is 12.2. The Bertz CT molecular complexity index is 861. The number of carbonyl (C=O) groups is 2. The number of amides is 2. The minimum Gasteiger partial charge on any atom is -0.465 e. The van der Waals surface area contributed by atoms with Crippen molar-refractivity contribution in [2.24, 2.45) is 5.92 Å². The number of likely N-dealkylation sites (tertiary alicyclic amines) is 1. The van der Waals surface area contributed by atoms with Gasteiger partial charge in [0.2, 0.25) is 0 Å². The third kappa shape index (κ3) is 4.67. The SMILES string of the molecule is CC(C)(C)OC(=O)Nc1cc(C#N)cc(N2CCC3C(CCN3C(=O)O)C2)c1Cl. The number of carbonyl (C=O) groups excluding carboxylic acids is 1. The molecular formula is C20H25ClN4O4. The fourth-order valence-corrected chi connectivity index (χ4v) is 4.33. The van der Waals surface area contributed by atoms with Gasteiger partial charge in [-0.25, -0.2) is 9.59 Å². The second kappa shape index (κ2) is 7.99. The lowest BCUT2D eigenvalue weighted by Crippen LogP contribution is -2.47. The predicted octanol–water partition coefficient (Wildman–Crippen LogP) is 4.14. The van der Waals surface area contributed by atoms with Crippen molar-refractivity contribution in [2.75, 3.05) is 29.9 Å². The first-order valence-corrected chi connectivity index (χ1v) is 9.95. The van der Waals surface area contributed by atoms with E-state index in [9.17, 15) is 20.0 Å². The van der Waals surface area contributed by atoms with E-state index < -0.39 is 17.8 Å². The van der Waals surface area contributed by atoms with E-state index in [0.29, 0.717) is 48.0 Å². The van der Waals surface area contributed by atoms with Crippen molar-refractivity contribution in [2.45, 2.75) is 45.3 Å². The number of halogens is 1. The molecule has 3 rings (SSSR count). The number of hydrogen-bond donors (Lipinski definition) is 2. The van der Waals surface area contributed by atoms with E-state index in [0.717, 1.165) is 6.42 Å². The summed E-state index contributed by atoms with van der Waals surface area (Å²) in [6.45, 7) is 7.09. The Labute approximate surface area is 175 Å². The average molecular weight is 421 g/mol. The van der Waals surface area contributed by atoms with Crippen molar-refractivity contribution in [3.05, 3.63) is 22.7 Å². The van der Waals surface area contributed by atoms with Crippen LogP contribution in [-0.2, 0) is 4.74 Å². The number of piperidine rings is 1. The van der Waals surface area contributed by atoms with Gasteiger partial charge >= 0.3 is 12.2 Å². The van der Waals surface area contributed by atoms with Crippen LogP contribution in [0.3, 0.4) is 0 Å². The number of nitriles is 1. The van der Waals surface area contributed by atoms with Crippen LogP contribution in [0.5, 0.6) is 0 Å². The van der Waals surface area contributed by atoms with Crippen LogP contribution in [0.15, 0.2) is 12.1 Å². The van der Waals surface area contributed by atoms with Gasteiger partial charge in [-0.15, -0.1) is 0 Å². The van der Waals surface area contributed by atoms with E-state index in [2.05, 4.69) is 16.3 Å². The molecular weight excluding hydrogens is 396 g/mol. The highest BCUT2D eigenvalue weighted by molar-refractivity contribution is 6.36. The van der Waals surface area contributed by atoms with Gasteiger partial charge in [-0.2, -0.15) is 5.26 Å². The van der Waals surface area contributed by atoms with Crippen LogP contribution < -0.4 is 10.2 Å². The normalized spacial score (nSPS) is 21.3. The van der Waals surface area contributed by atoms with Crippen LogP contribution >= 0.6 is 11.6 Å². The van der Waals surface area contributed by atoms with E-state index in [1.165, 1.54) is 11.0 Å². The maximum Gasteiger partial charge on any atom is 0.412 e. The molecule has 0 radical (unpaired) electrons. The Kier molecular flexibility index (Phi) is 5.80. The van der Waals surface area contributed by atoms with Gasteiger partial charge < -0.3 is 19.6 Å². The van der Waals surface area contributed by atoms with Crippen molar-refractivity contribution in [1.82, 2.24) is 4.90 Å². The highest BCUT2D eigenvalue weighted by Gasteiger charge is 2.41. The summed E-state index contributed by atoms with van der Waals surface area (Å²) in [6, 6.07) is 5.33. The lowest BCUT2D eigenvalue weighted by molar-refractivity contribution is 0.0636. The van der Waals surface area contributed by atoms with Gasteiger partial charge in [-0.1, -0.05) is 11.6 Å². The quantitative estimate of drug-likeness (QED) is 0.744. The molecule has 0 spiro atoms. The Morgan fingerprint density at radius 3 is 2.66 bits per heavy atom. The highest BCUT2D eigenvalue weighted by Crippen LogP contribution is 2.39. The van der Waals surface area contributed by atoms with E-state index >= 15 is 0 Å². The zero-order valence-corrected chi connectivity index (χ0v) is 17.5. The molecule has 0 bridgehead atoms. The highest BCUT2D eigenvalue weighted by atomic mass is 35.5. The van der Waals surface area contributed by atoms with Crippen LogP contribution in [-0.4, -0.2) is 53.5 Å². The molecule has 2 aliphatic rings. The molecule has 2 saturated heterocycles. The number of nitrogens with one attached hydrogen (secondary N) is 1. The molecule has 2 N–H and O–H groups in total. The van der Waals surface area contributed by atoms with Crippen molar-refractivity contribution in [3.8, 4) is 6.07 Å². The zero-order chi connectivity index (χ0) is 21.3. The van der Waals surface area contributed by atoms with Gasteiger partial charge in [0.15, 0.2) is 0 Å². The molecule has 2 heterocycles. The second-order valence-corrected chi connectivity index (χ2v) is 8.80. The number of fused-ring (bicyclic) bond motifs is 1. The lowest BCUT2D eigenvalue weighted by Gasteiger charge is -2.39. The summed E-state index contributed by atoms with van der Waals surface area (Å²) in [5.41, 5.74) is 0.683. The molecule has 0 aromatic heterocycles. The van der Waals surface area contributed by atoms with Crippen LogP contribution in [0.25, 0.3) is 0 Å². The van der Waals surface area contributed by atoms with E-state index in [1.54, 1.807) is 26.8 Å². The number of carboxylic acid groups (broad SMARTS) is 1. The Balaban J connectivity index is 1.82. The summed E-state index contributed by atoms with van der Waals surface area (Å²) in [5.74, 6) is 0.212. The number of nitrogens with zero attached hydrogens (tertiary/aromatic N) is 3.